The van der Waals surface area contributed by atoms with E-state index in [0.717, 1.165) is 23.6 Å². The number of hydrogen-bond donors (Lipinski definition) is 1. The molecular weight excluding hydrogens is 250 g/mol. The quantitative estimate of drug-likeness (QED) is 0.844. The zero-order chi connectivity index (χ0) is 12.1. The second-order valence-corrected chi connectivity index (χ2v) is 6.00. The number of thiophene rings is 1. The molecular formula is C12H15N3S2. The molecule has 0 saturated carbocycles. The minimum Gasteiger partial charge on any atom is -0.327 e. The predicted octanol–water partition coefficient (Wildman–Crippen LogP) is 2.97. The fourth-order valence-corrected chi connectivity index (χ4v) is 2.93. The minimum absolute atomic E-state index is 0.203. The molecule has 2 aromatic heterocycles. The third kappa shape index (κ3) is 3.80. The van der Waals surface area contributed by atoms with E-state index in [1.54, 1.807) is 23.1 Å². The maximum Gasteiger partial charge on any atom is 0.193 e. The number of rotatable bonds is 5. The fraction of sp³-hybridized carbons (Fsp3) is 0.333. The van der Waals surface area contributed by atoms with Crippen LogP contribution in [0.1, 0.15) is 18.9 Å². The van der Waals surface area contributed by atoms with Gasteiger partial charge in [-0.3, -0.25) is 0 Å². The smallest absolute Gasteiger partial charge is 0.193 e. The van der Waals surface area contributed by atoms with Crippen LogP contribution in [0, 0.1) is 0 Å². The summed E-state index contributed by atoms with van der Waals surface area (Å²) in [6.07, 6.45) is 5.57. The Morgan fingerprint density at radius 3 is 2.76 bits per heavy atom. The number of nitrogens with zero attached hydrogens (tertiary/aromatic N) is 2. The van der Waals surface area contributed by atoms with Crippen molar-refractivity contribution < 1.29 is 0 Å². The molecule has 0 radical (unpaired) electrons. The second kappa shape index (κ2) is 6.14. The van der Waals surface area contributed by atoms with Gasteiger partial charge in [0.05, 0.1) is 4.21 Å². The average Bonchev–Trinajstić information content (AvgIpc) is 2.84. The SMILES string of the molecule is CCC(N)Cc1cnc(Sc2cccs2)nc1. The summed E-state index contributed by atoms with van der Waals surface area (Å²) in [6, 6.07) is 4.30. The van der Waals surface area contributed by atoms with Crippen LogP contribution in [0.2, 0.25) is 0 Å². The van der Waals surface area contributed by atoms with Crippen LogP contribution in [-0.2, 0) is 6.42 Å². The summed E-state index contributed by atoms with van der Waals surface area (Å²) < 4.78 is 1.21. The normalized spacial score (nSPS) is 12.6. The van der Waals surface area contributed by atoms with E-state index in [9.17, 15) is 0 Å². The molecule has 0 aromatic carbocycles. The van der Waals surface area contributed by atoms with Crippen LogP contribution in [0.15, 0.2) is 39.3 Å². The standard InChI is InChI=1S/C12H15N3S2/c1-2-10(13)6-9-7-14-12(15-8-9)17-11-4-3-5-16-11/h3-5,7-8,10H,2,6,13H2,1H3. The third-order valence-electron chi connectivity index (χ3n) is 2.39. The van der Waals surface area contributed by atoms with E-state index in [4.69, 9.17) is 5.73 Å². The van der Waals surface area contributed by atoms with Gasteiger partial charge >= 0.3 is 0 Å². The van der Waals surface area contributed by atoms with Gasteiger partial charge in [-0.2, -0.15) is 0 Å². The van der Waals surface area contributed by atoms with Crippen molar-refractivity contribution in [2.45, 2.75) is 35.2 Å². The molecule has 2 rings (SSSR count). The minimum atomic E-state index is 0.203. The first-order valence-electron chi connectivity index (χ1n) is 5.55. The average molecular weight is 265 g/mol. The Kier molecular flexibility index (Phi) is 4.53. The van der Waals surface area contributed by atoms with E-state index in [0.29, 0.717) is 0 Å². The van der Waals surface area contributed by atoms with Gasteiger partial charge in [0.2, 0.25) is 0 Å². The Morgan fingerprint density at radius 2 is 2.18 bits per heavy atom. The predicted molar refractivity (Wildman–Crippen MR) is 72.4 cm³/mol. The van der Waals surface area contributed by atoms with E-state index in [2.05, 4.69) is 28.3 Å². The first-order chi connectivity index (χ1) is 8.28. The van der Waals surface area contributed by atoms with Crippen LogP contribution >= 0.6 is 23.1 Å². The van der Waals surface area contributed by atoms with Crippen molar-refractivity contribution in [3.8, 4) is 0 Å². The zero-order valence-corrected chi connectivity index (χ0v) is 11.3. The van der Waals surface area contributed by atoms with Gasteiger partial charge in [0.25, 0.3) is 0 Å². The van der Waals surface area contributed by atoms with E-state index in [1.807, 2.05) is 18.5 Å². The second-order valence-electron chi connectivity index (χ2n) is 3.78. The van der Waals surface area contributed by atoms with Crippen LogP contribution in [0.25, 0.3) is 0 Å². The fourth-order valence-electron chi connectivity index (χ4n) is 1.36. The molecule has 0 aliphatic carbocycles. The summed E-state index contributed by atoms with van der Waals surface area (Å²) >= 11 is 3.29. The summed E-state index contributed by atoms with van der Waals surface area (Å²) in [5, 5.41) is 2.85. The van der Waals surface area contributed by atoms with Crippen molar-refractivity contribution in [3.63, 3.8) is 0 Å². The molecule has 90 valence electrons. The summed E-state index contributed by atoms with van der Waals surface area (Å²) in [7, 11) is 0. The van der Waals surface area contributed by atoms with E-state index in [1.165, 1.54) is 4.21 Å². The number of hydrogen-bond acceptors (Lipinski definition) is 5. The molecule has 1 unspecified atom stereocenters. The molecule has 1 atom stereocenters. The molecule has 3 nitrogen and oxygen atoms in total. The van der Waals surface area contributed by atoms with Crippen LogP contribution in [-0.4, -0.2) is 16.0 Å². The summed E-state index contributed by atoms with van der Waals surface area (Å²) in [4.78, 5) is 8.69. The number of aromatic nitrogens is 2. The molecule has 0 amide bonds. The molecule has 5 heteroatoms. The Labute approximate surface area is 109 Å². The summed E-state index contributed by atoms with van der Waals surface area (Å²) in [5.74, 6) is 0. The van der Waals surface area contributed by atoms with Gasteiger partial charge in [-0.05, 0) is 41.6 Å². The lowest BCUT2D eigenvalue weighted by Gasteiger charge is -2.07. The highest BCUT2D eigenvalue weighted by atomic mass is 32.2. The highest BCUT2D eigenvalue weighted by Gasteiger charge is 2.04. The van der Waals surface area contributed by atoms with Crippen molar-refractivity contribution in [2.75, 3.05) is 0 Å². The van der Waals surface area contributed by atoms with Crippen molar-refractivity contribution in [1.29, 1.82) is 0 Å². The maximum atomic E-state index is 5.89. The van der Waals surface area contributed by atoms with Crippen LogP contribution < -0.4 is 5.73 Å². The molecule has 2 aromatic rings. The van der Waals surface area contributed by atoms with E-state index >= 15 is 0 Å². The van der Waals surface area contributed by atoms with Crippen molar-refractivity contribution in [1.82, 2.24) is 9.97 Å². The highest BCUT2D eigenvalue weighted by Crippen LogP contribution is 2.28. The van der Waals surface area contributed by atoms with Gasteiger partial charge in [-0.1, -0.05) is 13.0 Å². The Morgan fingerprint density at radius 1 is 1.41 bits per heavy atom. The van der Waals surface area contributed by atoms with Gasteiger partial charge in [-0.15, -0.1) is 11.3 Å². The summed E-state index contributed by atoms with van der Waals surface area (Å²) in [6.45, 7) is 2.09. The lowest BCUT2D eigenvalue weighted by atomic mass is 10.1. The van der Waals surface area contributed by atoms with Crippen molar-refractivity contribution >= 4 is 23.1 Å². The van der Waals surface area contributed by atoms with Gasteiger partial charge in [0.1, 0.15) is 0 Å². The van der Waals surface area contributed by atoms with Gasteiger partial charge in [-0.25, -0.2) is 9.97 Å². The van der Waals surface area contributed by atoms with Crippen molar-refractivity contribution in [3.05, 3.63) is 35.5 Å². The monoisotopic (exact) mass is 265 g/mol. The maximum absolute atomic E-state index is 5.89. The molecule has 0 bridgehead atoms. The van der Waals surface area contributed by atoms with Crippen molar-refractivity contribution in [2.24, 2.45) is 5.73 Å². The first-order valence-corrected chi connectivity index (χ1v) is 7.25. The lowest BCUT2D eigenvalue weighted by Crippen LogP contribution is -2.21. The van der Waals surface area contributed by atoms with E-state index in [-0.39, 0.29) is 6.04 Å². The molecule has 0 aliphatic rings. The van der Waals surface area contributed by atoms with Gasteiger partial charge < -0.3 is 5.73 Å². The third-order valence-corrected chi connectivity index (χ3v) is 4.32. The Balaban J connectivity index is 1.98. The molecule has 0 saturated heterocycles. The van der Waals surface area contributed by atoms with Gasteiger partial charge in [0, 0.05) is 18.4 Å². The largest absolute Gasteiger partial charge is 0.327 e. The topological polar surface area (TPSA) is 51.8 Å². The van der Waals surface area contributed by atoms with Crippen LogP contribution in [0.3, 0.4) is 0 Å². The molecule has 17 heavy (non-hydrogen) atoms. The Bertz CT molecular complexity index is 439. The molecule has 0 fully saturated rings. The first kappa shape index (κ1) is 12.5. The van der Waals surface area contributed by atoms with E-state index < -0.39 is 0 Å². The summed E-state index contributed by atoms with van der Waals surface area (Å²) in [5.41, 5.74) is 7.00. The molecule has 0 spiro atoms. The lowest BCUT2D eigenvalue weighted by molar-refractivity contribution is 0.641. The molecule has 0 aliphatic heterocycles. The Hall–Kier alpha value is -0.910. The zero-order valence-electron chi connectivity index (χ0n) is 9.67. The highest BCUT2D eigenvalue weighted by molar-refractivity contribution is 8.01. The van der Waals surface area contributed by atoms with Gasteiger partial charge in [0.15, 0.2) is 5.16 Å². The van der Waals surface area contributed by atoms with Crippen LogP contribution in [0.5, 0.6) is 0 Å². The molecule has 2 heterocycles. The molecule has 2 N–H and O–H groups in total. The number of nitrogens with two attached hydrogens (primary N) is 1. The van der Waals surface area contributed by atoms with Crippen LogP contribution in [0.4, 0.5) is 0 Å².